The molecule has 1 aromatic carbocycles. The zero-order valence-electron chi connectivity index (χ0n) is 9.77. The molecule has 0 unspecified atom stereocenters. The van der Waals surface area contributed by atoms with Crippen LogP contribution in [0.5, 0.6) is 0 Å². The van der Waals surface area contributed by atoms with Crippen LogP contribution in [0.15, 0.2) is 18.2 Å². The van der Waals surface area contributed by atoms with E-state index in [0.29, 0.717) is 0 Å². The van der Waals surface area contributed by atoms with Crippen LogP contribution in [0.4, 0.5) is 20.6 Å². The van der Waals surface area contributed by atoms with Gasteiger partial charge in [-0.3, -0.25) is 14.5 Å². The number of anilines is 2. The zero-order valence-corrected chi connectivity index (χ0v) is 9.77. The Balaban J connectivity index is 2.03. The van der Waals surface area contributed by atoms with Gasteiger partial charge in [0.1, 0.15) is 12.4 Å². The van der Waals surface area contributed by atoms with Crippen molar-refractivity contribution in [2.45, 2.75) is 0 Å². The lowest BCUT2D eigenvalue weighted by Gasteiger charge is -2.13. The van der Waals surface area contributed by atoms with Gasteiger partial charge in [0.15, 0.2) is 0 Å². The summed E-state index contributed by atoms with van der Waals surface area (Å²) in [6, 6.07) is 2.88. The fraction of sp³-hybridized carbons (Fsp3) is 0.182. The molecule has 4 amide bonds. The van der Waals surface area contributed by atoms with Crippen LogP contribution in [0.25, 0.3) is 0 Å². The summed E-state index contributed by atoms with van der Waals surface area (Å²) in [4.78, 5) is 34.9. The molecule has 1 saturated heterocycles. The lowest BCUT2D eigenvalue weighted by Crippen LogP contribution is -2.38. The number of nitrogens with two attached hydrogens (primary N) is 1. The monoisotopic (exact) mass is 266 g/mol. The minimum Gasteiger partial charge on any atom is -0.397 e. The summed E-state index contributed by atoms with van der Waals surface area (Å²) in [6.07, 6.45) is 0. The first-order valence-electron chi connectivity index (χ1n) is 5.40. The first kappa shape index (κ1) is 12.8. The highest BCUT2D eigenvalue weighted by atomic mass is 19.1. The van der Waals surface area contributed by atoms with Crippen molar-refractivity contribution in [2.75, 3.05) is 24.1 Å². The third-order valence-electron chi connectivity index (χ3n) is 2.53. The van der Waals surface area contributed by atoms with Crippen LogP contribution in [0.2, 0.25) is 0 Å². The van der Waals surface area contributed by atoms with E-state index >= 15 is 0 Å². The molecule has 1 fully saturated rings. The van der Waals surface area contributed by atoms with Gasteiger partial charge in [-0.1, -0.05) is 0 Å². The number of halogens is 1. The van der Waals surface area contributed by atoms with Crippen molar-refractivity contribution in [1.29, 1.82) is 0 Å². The van der Waals surface area contributed by atoms with Gasteiger partial charge < -0.3 is 16.4 Å². The molecule has 0 aromatic heterocycles. The van der Waals surface area contributed by atoms with Crippen LogP contribution in [-0.2, 0) is 9.59 Å². The number of imide groups is 1. The molecular formula is C11H11FN4O3. The highest BCUT2D eigenvalue weighted by Crippen LogP contribution is 2.19. The summed E-state index contributed by atoms with van der Waals surface area (Å²) in [7, 11) is 0. The van der Waals surface area contributed by atoms with E-state index < -0.39 is 30.2 Å². The van der Waals surface area contributed by atoms with Gasteiger partial charge >= 0.3 is 6.03 Å². The summed E-state index contributed by atoms with van der Waals surface area (Å²) in [5, 5.41) is 4.62. The van der Waals surface area contributed by atoms with Gasteiger partial charge in [-0.05, 0) is 18.2 Å². The molecular weight excluding hydrogens is 255 g/mol. The zero-order chi connectivity index (χ0) is 14.0. The second-order valence-electron chi connectivity index (χ2n) is 3.92. The maximum absolute atomic E-state index is 13.0. The number of carbonyl (C=O) groups is 3. The molecule has 8 heteroatoms. The largest absolute Gasteiger partial charge is 0.397 e. The van der Waals surface area contributed by atoms with Gasteiger partial charge in [-0.15, -0.1) is 0 Å². The second kappa shape index (κ2) is 4.92. The normalized spacial score (nSPS) is 14.5. The third-order valence-corrected chi connectivity index (χ3v) is 2.53. The number of hydrogen-bond donors (Lipinski definition) is 3. The number of rotatable bonds is 3. The second-order valence-corrected chi connectivity index (χ2v) is 3.92. The Morgan fingerprint density at radius 3 is 2.84 bits per heavy atom. The number of nitrogen functional groups attached to an aromatic ring is 1. The number of amides is 4. The number of nitrogens with zero attached hydrogens (tertiary/aromatic N) is 1. The highest BCUT2D eigenvalue weighted by Gasteiger charge is 2.30. The average Bonchev–Trinajstić information content (AvgIpc) is 2.65. The summed E-state index contributed by atoms with van der Waals surface area (Å²) in [5.74, 6) is -1.69. The molecule has 0 bridgehead atoms. The van der Waals surface area contributed by atoms with Crippen LogP contribution < -0.4 is 16.4 Å². The Morgan fingerprint density at radius 1 is 1.47 bits per heavy atom. The van der Waals surface area contributed by atoms with Crippen LogP contribution in [0.1, 0.15) is 0 Å². The van der Waals surface area contributed by atoms with Crippen molar-refractivity contribution in [2.24, 2.45) is 0 Å². The molecule has 1 heterocycles. The van der Waals surface area contributed by atoms with E-state index in [2.05, 4.69) is 10.6 Å². The van der Waals surface area contributed by atoms with Gasteiger partial charge in [-0.2, -0.15) is 0 Å². The summed E-state index contributed by atoms with van der Waals surface area (Å²) in [6.45, 7) is -0.575. The maximum atomic E-state index is 13.0. The van der Waals surface area contributed by atoms with Gasteiger partial charge in [-0.25, -0.2) is 9.18 Å². The topological polar surface area (TPSA) is 105 Å². The Hall–Kier alpha value is -2.64. The quantitative estimate of drug-likeness (QED) is 0.524. The van der Waals surface area contributed by atoms with Crippen LogP contribution in [-0.4, -0.2) is 35.8 Å². The van der Waals surface area contributed by atoms with E-state index in [4.69, 9.17) is 5.73 Å². The molecule has 1 aliphatic rings. The average molecular weight is 266 g/mol. The van der Waals surface area contributed by atoms with Crippen molar-refractivity contribution in [1.82, 2.24) is 10.2 Å². The third kappa shape index (κ3) is 2.79. The minimum atomic E-state index is -0.636. The predicted molar refractivity (Wildman–Crippen MR) is 64.6 cm³/mol. The van der Waals surface area contributed by atoms with Gasteiger partial charge in [0.2, 0.25) is 5.91 Å². The summed E-state index contributed by atoms with van der Waals surface area (Å²) < 4.78 is 13.0. The number of urea groups is 1. The lowest BCUT2D eigenvalue weighted by atomic mass is 10.2. The Bertz CT molecular complexity index is 545. The van der Waals surface area contributed by atoms with E-state index in [0.717, 1.165) is 17.0 Å². The molecule has 100 valence electrons. The molecule has 1 aliphatic heterocycles. The first-order valence-corrected chi connectivity index (χ1v) is 5.40. The minimum absolute atomic E-state index is 0.0945. The number of nitrogens with one attached hydrogen (secondary N) is 2. The molecule has 0 radical (unpaired) electrons. The standard InChI is InChI=1S/C11H11FN4O3/c12-6-1-2-7(13)8(3-6)15-9(17)5-16-10(18)4-14-11(16)19/h1-3H,4-5,13H2,(H,14,19)(H,15,17). The van der Waals surface area contributed by atoms with Gasteiger partial charge in [0.05, 0.1) is 17.9 Å². The van der Waals surface area contributed by atoms with Crippen LogP contribution in [0, 0.1) is 5.82 Å². The maximum Gasteiger partial charge on any atom is 0.325 e. The fourth-order valence-electron chi connectivity index (χ4n) is 1.59. The molecule has 0 aliphatic carbocycles. The molecule has 1 aromatic rings. The van der Waals surface area contributed by atoms with Crippen molar-refractivity contribution in [3.8, 4) is 0 Å². The van der Waals surface area contributed by atoms with E-state index in [1.165, 1.54) is 6.07 Å². The number of benzene rings is 1. The van der Waals surface area contributed by atoms with Crippen molar-refractivity contribution >= 4 is 29.2 Å². The van der Waals surface area contributed by atoms with Crippen molar-refractivity contribution in [3.63, 3.8) is 0 Å². The Kier molecular flexibility index (Phi) is 3.32. The van der Waals surface area contributed by atoms with E-state index in [1.807, 2.05) is 0 Å². The molecule has 0 spiro atoms. The summed E-state index contributed by atoms with van der Waals surface area (Å²) in [5.41, 5.74) is 5.84. The highest BCUT2D eigenvalue weighted by molar-refractivity contribution is 6.06. The molecule has 19 heavy (non-hydrogen) atoms. The fourth-order valence-corrected chi connectivity index (χ4v) is 1.59. The van der Waals surface area contributed by atoms with E-state index in [1.54, 1.807) is 0 Å². The molecule has 4 N–H and O–H groups in total. The smallest absolute Gasteiger partial charge is 0.325 e. The Morgan fingerprint density at radius 2 is 2.21 bits per heavy atom. The number of hydrogen-bond acceptors (Lipinski definition) is 4. The van der Waals surface area contributed by atoms with Gasteiger partial charge in [0, 0.05) is 0 Å². The lowest BCUT2D eigenvalue weighted by molar-refractivity contribution is -0.128. The van der Waals surface area contributed by atoms with E-state index in [-0.39, 0.29) is 17.9 Å². The number of carbonyl (C=O) groups excluding carboxylic acids is 3. The molecule has 2 rings (SSSR count). The first-order chi connectivity index (χ1) is 8.97. The molecule has 0 atom stereocenters. The summed E-state index contributed by atoms with van der Waals surface area (Å²) >= 11 is 0. The molecule has 7 nitrogen and oxygen atoms in total. The van der Waals surface area contributed by atoms with Crippen molar-refractivity contribution in [3.05, 3.63) is 24.0 Å². The van der Waals surface area contributed by atoms with Crippen molar-refractivity contribution < 1.29 is 18.8 Å². The SMILES string of the molecule is Nc1ccc(F)cc1NC(=O)CN1C(=O)CNC1=O. The Labute approximate surface area is 107 Å². The van der Waals surface area contributed by atoms with Gasteiger partial charge in [0.25, 0.3) is 5.91 Å². The predicted octanol–water partition coefficient (Wildman–Crippen LogP) is -0.102. The van der Waals surface area contributed by atoms with Crippen LogP contribution in [0.3, 0.4) is 0 Å². The molecule has 0 saturated carbocycles. The van der Waals surface area contributed by atoms with Crippen LogP contribution >= 0.6 is 0 Å². The van der Waals surface area contributed by atoms with E-state index in [9.17, 15) is 18.8 Å².